The molecule has 37 heavy (non-hydrogen) atoms. The SMILES string of the molecule is O=C(Nc1c2c(nn1CCC1CC1)C[C@H](CCc1cccc(OCC(F)(F)F)c1)NC2=O)c1cocn1. The molecule has 12 heteroatoms. The largest absolute Gasteiger partial charge is 0.484 e. The van der Waals surface area contributed by atoms with E-state index in [1.807, 2.05) is 0 Å². The molecule has 3 aromatic rings. The quantitative estimate of drug-likeness (QED) is 0.418. The fourth-order valence-corrected chi connectivity index (χ4v) is 4.40. The van der Waals surface area contributed by atoms with E-state index in [9.17, 15) is 22.8 Å². The number of amides is 2. The van der Waals surface area contributed by atoms with Gasteiger partial charge in [0.1, 0.15) is 23.4 Å². The van der Waals surface area contributed by atoms with Gasteiger partial charge in [-0.05, 0) is 42.9 Å². The number of aryl methyl sites for hydroxylation is 2. The third kappa shape index (κ3) is 6.30. The van der Waals surface area contributed by atoms with Gasteiger partial charge >= 0.3 is 6.18 Å². The topological polar surface area (TPSA) is 111 Å². The lowest BCUT2D eigenvalue weighted by Gasteiger charge is -2.23. The van der Waals surface area contributed by atoms with Crippen molar-refractivity contribution in [3.63, 3.8) is 0 Å². The van der Waals surface area contributed by atoms with Crippen molar-refractivity contribution >= 4 is 17.6 Å². The second kappa shape index (κ2) is 10.3. The van der Waals surface area contributed by atoms with Crippen molar-refractivity contribution < 1.29 is 31.9 Å². The van der Waals surface area contributed by atoms with E-state index in [1.54, 1.807) is 22.9 Å². The van der Waals surface area contributed by atoms with Crippen LogP contribution in [0.4, 0.5) is 19.0 Å². The zero-order valence-electron chi connectivity index (χ0n) is 19.9. The van der Waals surface area contributed by atoms with Crippen molar-refractivity contribution in [2.75, 3.05) is 11.9 Å². The van der Waals surface area contributed by atoms with Crippen molar-refractivity contribution in [3.05, 3.63) is 59.4 Å². The van der Waals surface area contributed by atoms with Gasteiger partial charge in [0, 0.05) is 19.0 Å². The number of ether oxygens (including phenoxy) is 1. The molecule has 2 amide bonds. The van der Waals surface area contributed by atoms with E-state index in [2.05, 4.69) is 20.7 Å². The molecule has 2 N–H and O–H groups in total. The summed E-state index contributed by atoms with van der Waals surface area (Å²) in [6.07, 6.45) is 2.79. The Hall–Kier alpha value is -3.83. The summed E-state index contributed by atoms with van der Waals surface area (Å²) in [5.74, 6) is 0.298. The highest BCUT2D eigenvalue weighted by Gasteiger charge is 2.33. The minimum absolute atomic E-state index is 0.0965. The molecule has 2 aromatic heterocycles. The van der Waals surface area contributed by atoms with Gasteiger partial charge in [-0.2, -0.15) is 18.3 Å². The zero-order valence-corrected chi connectivity index (χ0v) is 19.9. The Morgan fingerprint density at radius 3 is 2.84 bits per heavy atom. The van der Waals surface area contributed by atoms with Gasteiger partial charge in [0.15, 0.2) is 18.7 Å². The first-order valence-corrected chi connectivity index (χ1v) is 12.1. The number of nitrogens with one attached hydrogen (secondary N) is 2. The summed E-state index contributed by atoms with van der Waals surface area (Å²) in [7, 11) is 0. The number of hydrogen-bond donors (Lipinski definition) is 2. The number of benzene rings is 1. The Balaban J connectivity index is 1.27. The van der Waals surface area contributed by atoms with Crippen LogP contribution in [0.5, 0.6) is 5.75 Å². The Morgan fingerprint density at radius 1 is 1.27 bits per heavy atom. The Morgan fingerprint density at radius 2 is 2.11 bits per heavy atom. The summed E-state index contributed by atoms with van der Waals surface area (Å²) in [6, 6.07) is 6.29. The molecule has 0 radical (unpaired) electrons. The van der Waals surface area contributed by atoms with Crippen LogP contribution in [-0.4, -0.2) is 45.4 Å². The lowest BCUT2D eigenvalue weighted by molar-refractivity contribution is -0.153. The van der Waals surface area contributed by atoms with E-state index < -0.39 is 18.7 Å². The molecule has 1 atom stereocenters. The molecule has 2 aliphatic rings. The van der Waals surface area contributed by atoms with E-state index in [1.165, 1.54) is 25.2 Å². The third-order valence-corrected chi connectivity index (χ3v) is 6.45. The van der Waals surface area contributed by atoms with Crippen LogP contribution >= 0.6 is 0 Å². The molecule has 0 bridgehead atoms. The maximum atomic E-state index is 13.1. The van der Waals surface area contributed by atoms with Gasteiger partial charge < -0.3 is 19.8 Å². The highest BCUT2D eigenvalue weighted by Crippen LogP contribution is 2.34. The number of halogens is 3. The normalized spacial score (nSPS) is 17.3. The van der Waals surface area contributed by atoms with Gasteiger partial charge in [0.2, 0.25) is 0 Å². The van der Waals surface area contributed by atoms with Crippen molar-refractivity contribution in [2.24, 2.45) is 5.92 Å². The molecule has 1 fully saturated rings. The van der Waals surface area contributed by atoms with E-state index in [-0.39, 0.29) is 23.4 Å². The molecule has 5 rings (SSSR count). The number of fused-ring (bicyclic) bond motifs is 1. The van der Waals surface area contributed by atoms with Gasteiger partial charge in [0.05, 0.1) is 5.69 Å². The van der Waals surface area contributed by atoms with Crippen LogP contribution in [0.1, 0.15) is 57.8 Å². The summed E-state index contributed by atoms with van der Waals surface area (Å²) < 4.78 is 48.8. The molecular weight excluding hydrogens is 491 g/mol. The second-order valence-corrected chi connectivity index (χ2v) is 9.42. The predicted molar refractivity (Wildman–Crippen MR) is 125 cm³/mol. The van der Waals surface area contributed by atoms with Gasteiger partial charge in [-0.15, -0.1) is 0 Å². The second-order valence-electron chi connectivity index (χ2n) is 9.42. The molecule has 3 heterocycles. The van der Waals surface area contributed by atoms with Crippen LogP contribution in [0.3, 0.4) is 0 Å². The number of rotatable bonds is 10. The van der Waals surface area contributed by atoms with Crippen LogP contribution < -0.4 is 15.4 Å². The number of nitrogens with zero attached hydrogens (tertiary/aromatic N) is 3. The fraction of sp³-hybridized carbons (Fsp3) is 0.440. The first kappa shape index (κ1) is 24.8. The molecule has 1 saturated carbocycles. The molecule has 196 valence electrons. The average molecular weight is 518 g/mol. The van der Waals surface area contributed by atoms with Crippen LogP contribution in [0.15, 0.2) is 41.3 Å². The van der Waals surface area contributed by atoms with Crippen LogP contribution in [-0.2, 0) is 19.4 Å². The highest BCUT2D eigenvalue weighted by atomic mass is 19.4. The first-order chi connectivity index (χ1) is 17.7. The van der Waals surface area contributed by atoms with Crippen LogP contribution in [0, 0.1) is 5.92 Å². The predicted octanol–water partition coefficient (Wildman–Crippen LogP) is 4.15. The fourth-order valence-electron chi connectivity index (χ4n) is 4.40. The van der Waals surface area contributed by atoms with Crippen LogP contribution in [0.25, 0.3) is 0 Å². The average Bonchev–Trinajstić information content (AvgIpc) is 3.38. The van der Waals surface area contributed by atoms with Crippen molar-refractivity contribution in [2.45, 2.75) is 57.3 Å². The van der Waals surface area contributed by atoms with E-state index in [4.69, 9.17) is 9.15 Å². The minimum Gasteiger partial charge on any atom is -0.484 e. The Kier molecular flexibility index (Phi) is 6.90. The molecule has 9 nitrogen and oxygen atoms in total. The van der Waals surface area contributed by atoms with E-state index in [0.717, 1.165) is 18.4 Å². The molecule has 1 aliphatic carbocycles. The summed E-state index contributed by atoms with van der Waals surface area (Å²) in [4.78, 5) is 29.6. The van der Waals surface area contributed by atoms with Gasteiger partial charge in [0.25, 0.3) is 11.8 Å². The molecule has 0 unspecified atom stereocenters. The van der Waals surface area contributed by atoms with Crippen molar-refractivity contribution in [1.29, 1.82) is 0 Å². The molecule has 1 aliphatic heterocycles. The summed E-state index contributed by atoms with van der Waals surface area (Å²) in [6.45, 7) is -0.772. The summed E-state index contributed by atoms with van der Waals surface area (Å²) >= 11 is 0. The van der Waals surface area contributed by atoms with Gasteiger partial charge in [-0.25, -0.2) is 9.67 Å². The number of carbonyl (C=O) groups is 2. The van der Waals surface area contributed by atoms with Crippen molar-refractivity contribution in [1.82, 2.24) is 20.1 Å². The van der Waals surface area contributed by atoms with Gasteiger partial charge in [-0.3, -0.25) is 9.59 Å². The maximum absolute atomic E-state index is 13.1. The molecule has 0 spiro atoms. The number of anilines is 1. The van der Waals surface area contributed by atoms with E-state index in [0.29, 0.717) is 48.8 Å². The van der Waals surface area contributed by atoms with Gasteiger partial charge in [-0.1, -0.05) is 25.0 Å². The van der Waals surface area contributed by atoms with Crippen LogP contribution in [0.2, 0.25) is 0 Å². The zero-order chi connectivity index (χ0) is 26.0. The molecule has 0 saturated heterocycles. The van der Waals surface area contributed by atoms with Crippen molar-refractivity contribution in [3.8, 4) is 5.75 Å². The summed E-state index contributed by atoms with van der Waals surface area (Å²) in [5.41, 5.74) is 1.84. The Labute approximate surface area is 210 Å². The highest BCUT2D eigenvalue weighted by molar-refractivity contribution is 6.08. The third-order valence-electron chi connectivity index (χ3n) is 6.45. The number of carbonyl (C=O) groups excluding carboxylic acids is 2. The number of oxazole rings is 1. The Bertz CT molecular complexity index is 1270. The molecular formula is C25H26F3N5O4. The summed E-state index contributed by atoms with van der Waals surface area (Å²) in [5, 5.41) is 10.4. The number of alkyl halides is 3. The molecule has 1 aromatic carbocycles. The standard InChI is InChI=1S/C25H26F3N5O4/c26-25(27,28)13-37-18-3-1-2-16(10-18)6-7-17-11-19-21(24(35)30-17)22(31-23(34)20-12-36-14-29-20)33(32-19)9-8-15-4-5-15/h1-3,10,12,14-15,17H,4-9,11,13H2,(H,30,35)(H,31,34)/t17-/m0/s1. The first-order valence-electron chi connectivity index (χ1n) is 12.1. The maximum Gasteiger partial charge on any atom is 0.422 e. The number of aromatic nitrogens is 3. The number of hydrogen-bond acceptors (Lipinski definition) is 6. The minimum atomic E-state index is -4.41. The van der Waals surface area contributed by atoms with E-state index >= 15 is 0 Å². The smallest absolute Gasteiger partial charge is 0.422 e. The monoisotopic (exact) mass is 517 g/mol. The lowest BCUT2D eigenvalue weighted by atomic mass is 9.96. The lowest BCUT2D eigenvalue weighted by Crippen LogP contribution is -2.41.